The monoisotopic (exact) mass is 366 g/mol. The lowest BCUT2D eigenvalue weighted by molar-refractivity contribution is 0.425. The molecule has 0 saturated carbocycles. The van der Waals surface area contributed by atoms with Crippen molar-refractivity contribution < 1.29 is 4.39 Å². The van der Waals surface area contributed by atoms with Crippen LogP contribution in [0.2, 0.25) is 0 Å². The lowest BCUT2D eigenvalue weighted by Gasteiger charge is -2.14. The Hall–Kier alpha value is -3.06. The van der Waals surface area contributed by atoms with Gasteiger partial charge in [-0.25, -0.2) is 9.37 Å². The highest BCUT2D eigenvalue weighted by atomic mass is 19.1. The summed E-state index contributed by atoms with van der Waals surface area (Å²) in [6, 6.07) is 10.3. The highest BCUT2D eigenvalue weighted by Gasteiger charge is 2.09. The molecule has 0 saturated heterocycles. The minimum absolute atomic E-state index is 0.260. The first kappa shape index (κ1) is 18.7. The second kappa shape index (κ2) is 8.55. The maximum Gasteiger partial charge on any atom is 0.225 e. The van der Waals surface area contributed by atoms with Crippen LogP contribution in [0.1, 0.15) is 5.56 Å². The van der Waals surface area contributed by atoms with Gasteiger partial charge in [-0.2, -0.15) is 4.98 Å². The van der Waals surface area contributed by atoms with Crippen LogP contribution in [0.3, 0.4) is 0 Å². The van der Waals surface area contributed by atoms with Crippen molar-refractivity contribution in [3.63, 3.8) is 0 Å². The normalized spacial score (nSPS) is 10.9. The number of anilines is 3. The van der Waals surface area contributed by atoms with Crippen LogP contribution in [0.25, 0.3) is 11.3 Å². The van der Waals surface area contributed by atoms with Gasteiger partial charge < -0.3 is 15.5 Å². The predicted octanol–water partition coefficient (Wildman–Crippen LogP) is 3.70. The van der Waals surface area contributed by atoms with Crippen molar-refractivity contribution >= 4 is 17.5 Å². The Morgan fingerprint density at radius 3 is 2.52 bits per heavy atom. The molecule has 2 aromatic heterocycles. The molecular formula is C20H23FN6. The summed E-state index contributed by atoms with van der Waals surface area (Å²) in [4.78, 5) is 15.3. The van der Waals surface area contributed by atoms with Crippen LogP contribution >= 0.6 is 0 Å². The molecule has 3 rings (SSSR count). The molecule has 2 heterocycles. The maximum absolute atomic E-state index is 13.4. The number of nitrogens with zero attached hydrogens (tertiary/aromatic N) is 4. The van der Waals surface area contributed by atoms with Gasteiger partial charge in [0.2, 0.25) is 5.95 Å². The molecule has 0 aliphatic heterocycles. The number of hydrogen-bond acceptors (Lipinski definition) is 6. The van der Waals surface area contributed by atoms with Crippen LogP contribution < -0.4 is 10.6 Å². The second-order valence-electron chi connectivity index (χ2n) is 6.51. The average Bonchev–Trinajstić information content (AvgIpc) is 2.64. The van der Waals surface area contributed by atoms with E-state index < -0.39 is 0 Å². The van der Waals surface area contributed by atoms with E-state index in [9.17, 15) is 4.39 Å². The van der Waals surface area contributed by atoms with Crippen molar-refractivity contribution in [3.05, 3.63) is 60.2 Å². The molecule has 0 fully saturated rings. The number of aromatic nitrogens is 3. The number of likely N-dealkylation sites (N-methyl/N-ethyl adjacent to an activating group) is 1. The van der Waals surface area contributed by atoms with Crippen LogP contribution in [0.15, 0.2) is 48.8 Å². The molecule has 27 heavy (non-hydrogen) atoms. The van der Waals surface area contributed by atoms with Gasteiger partial charge in [0.1, 0.15) is 11.6 Å². The fraction of sp³-hybridized carbons (Fsp3) is 0.250. The van der Waals surface area contributed by atoms with Gasteiger partial charge in [0.15, 0.2) is 0 Å². The molecule has 0 spiro atoms. The van der Waals surface area contributed by atoms with Crippen molar-refractivity contribution in [2.24, 2.45) is 0 Å². The van der Waals surface area contributed by atoms with E-state index >= 15 is 0 Å². The average molecular weight is 366 g/mol. The van der Waals surface area contributed by atoms with E-state index in [4.69, 9.17) is 0 Å². The number of nitrogens with one attached hydrogen (secondary N) is 2. The molecule has 6 nitrogen and oxygen atoms in total. The summed E-state index contributed by atoms with van der Waals surface area (Å²) in [6.45, 7) is 3.44. The number of benzene rings is 1. The van der Waals surface area contributed by atoms with Gasteiger partial charge in [-0.1, -0.05) is 0 Å². The van der Waals surface area contributed by atoms with Crippen molar-refractivity contribution in [2.75, 3.05) is 37.8 Å². The van der Waals surface area contributed by atoms with Gasteiger partial charge in [0.05, 0.1) is 5.69 Å². The van der Waals surface area contributed by atoms with E-state index in [1.54, 1.807) is 18.5 Å². The molecule has 1 aromatic carbocycles. The largest absolute Gasteiger partial charge is 0.353 e. The molecule has 3 aromatic rings. The lowest BCUT2D eigenvalue weighted by Crippen LogP contribution is -2.21. The first-order chi connectivity index (χ1) is 13.0. The number of aryl methyl sites for hydroxylation is 1. The van der Waals surface area contributed by atoms with Crippen LogP contribution in [0.5, 0.6) is 0 Å². The molecule has 7 heteroatoms. The number of pyridine rings is 1. The SMILES string of the molecule is Cc1cc(F)ccc1Nc1cc(-c2ccncc2)nc(NCCN(C)C)n1. The van der Waals surface area contributed by atoms with Gasteiger partial charge >= 0.3 is 0 Å². The zero-order chi connectivity index (χ0) is 19.2. The van der Waals surface area contributed by atoms with Crippen LogP contribution in [0.4, 0.5) is 21.8 Å². The van der Waals surface area contributed by atoms with Crippen molar-refractivity contribution in [2.45, 2.75) is 6.92 Å². The lowest BCUT2D eigenvalue weighted by atomic mass is 10.1. The summed E-state index contributed by atoms with van der Waals surface area (Å²) in [6.07, 6.45) is 3.46. The highest BCUT2D eigenvalue weighted by Crippen LogP contribution is 2.25. The van der Waals surface area contributed by atoms with Crippen LogP contribution in [-0.2, 0) is 0 Å². The van der Waals surface area contributed by atoms with Crippen LogP contribution in [0, 0.1) is 12.7 Å². The minimum atomic E-state index is -0.260. The third-order valence-corrected chi connectivity index (χ3v) is 4.00. The Morgan fingerprint density at radius 2 is 1.81 bits per heavy atom. The molecule has 0 amide bonds. The highest BCUT2D eigenvalue weighted by molar-refractivity contribution is 5.68. The van der Waals surface area contributed by atoms with Gasteiger partial charge in [-0.15, -0.1) is 0 Å². The Kier molecular flexibility index (Phi) is 5.93. The molecule has 0 unspecified atom stereocenters. The first-order valence-electron chi connectivity index (χ1n) is 8.72. The smallest absolute Gasteiger partial charge is 0.225 e. The molecule has 0 radical (unpaired) electrons. The van der Waals surface area contributed by atoms with E-state index in [1.807, 2.05) is 39.2 Å². The summed E-state index contributed by atoms with van der Waals surface area (Å²) >= 11 is 0. The van der Waals surface area contributed by atoms with E-state index in [0.717, 1.165) is 35.6 Å². The molecule has 0 bridgehead atoms. The van der Waals surface area contributed by atoms with E-state index in [1.165, 1.54) is 12.1 Å². The zero-order valence-corrected chi connectivity index (χ0v) is 15.7. The number of halogens is 1. The number of rotatable bonds is 7. The van der Waals surface area contributed by atoms with Gasteiger partial charge in [-0.3, -0.25) is 4.98 Å². The zero-order valence-electron chi connectivity index (χ0n) is 15.7. The molecule has 0 aliphatic carbocycles. The quantitative estimate of drug-likeness (QED) is 0.665. The third kappa shape index (κ3) is 5.21. The fourth-order valence-corrected chi connectivity index (χ4v) is 2.56. The third-order valence-electron chi connectivity index (χ3n) is 4.00. The van der Waals surface area contributed by atoms with E-state index in [2.05, 4.69) is 30.5 Å². The Labute approximate surface area is 158 Å². The fourth-order valence-electron chi connectivity index (χ4n) is 2.56. The van der Waals surface area contributed by atoms with Crippen molar-refractivity contribution in [3.8, 4) is 11.3 Å². The Morgan fingerprint density at radius 1 is 1.04 bits per heavy atom. The predicted molar refractivity (Wildman–Crippen MR) is 107 cm³/mol. The van der Waals surface area contributed by atoms with Gasteiger partial charge in [-0.05, 0) is 56.9 Å². The topological polar surface area (TPSA) is 66.0 Å². The van der Waals surface area contributed by atoms with Crippen LogP contribution in [-0.4, -0.2) is 47.0 Å². The molecule has 0 atom stereocenters. The minimum Gasteiger partial charge on any atom is -0.353 e. The summed E-state index contributed by atoms with van der Waals surface area (Å²) in [5.41, 5.74) is 3.33. The molecule has 140 valence electrons. The molecule has 2 N–H and O–H groups in total. The summed E-state index contributed by atoms with van der Waals surface area (Å²) in [7, 11) is 4.03. The van der Waals surface area contributed by atoms with E-state index in [-0.39, 0.29) is 5.82 Å². The van der Waals surface area contributed by atoms with E-state index in [0.29, 0.717) is 11.8 Å². The first-order valence-corrected chi connectivity index (χ1v) is 8.72. The number of hydrogen-bond donors (Lipinski definition) is 2. The Balaban J connectivity index is 1.91. The summed E-state index contributed by atoms with van der Waals surface area (Å²) < 4.78 is 13.4. The summed E-state index contributed by atoms with van der Waals surface area (Å²) in [5.74, 6) is 0.913. The van der Waals surface area contributed by atoms with Gasteiger partial charge in [0, 0.05) is 42.8 Å². The maximum atomic E-state index is 13.4. The molecule has 0 aliphatic rings. The van der Waals surface area contributed by atoms with Crippen molar-refractivity contribution in [1.29, 1.82) is 0 Å². The standard InChI is InChI=1S/C20H23FN6/c1-14-12-16(21)4-5-17(14)24-19-13-18(15-6-8-22-9-7-15)25-20(26-19)23-10-11-27(2)3/h4-9,12-13H,10-11H2,1-3H3,(H2,23,24,25,26). The summed E-state index contributed by atoms with van der Waals surface area (Å²) in [5, 5.41) is 6.52. The van der Waals surface area contributed by atoms with Crippen molar-refractivity contribution in [1.82, 2.24) is 19.9 Å². The second-order valence-corrected chi connectivity index (χ2v) is 6.51. The van der Waals surface area contributed by atoms with Gasteiger partial charge in [0.25, 0.3) is 0 Å². The molecular weight excluding hydrogens is 343 g/mol. The Bertz CT molecular complexity index is 898.